The van der Waals surface area contributed by atoms with Gasteiger partial charge >= 0.3 is 3.93 Å². The van der Waals surface area contributed by atoms with Gasteiger partial charge in [0.05, 0.1) is 10.6 Å². The number of benzene rings is 1. The molecule has 1 aromatic heterocycles. The lowest BCUT2D eigenvalue weighted by atomic mass is 10.2. The maximum atomic E-state index is 13.9. The van der Waals surface area contributed by atoms with E-state index in [1.165, 1.54) is 23.1 Å². The first-order chi connectivity index (χ1) is 10.4. The highest BCUT2D eigenvalue weighted by Crippen LogP contribution is 2.43. The Balaban J connectivity index is 2.36. The lowest BCUT2D eigenvalue weighted by molar-refractivity contribution is 0.127. The number of hydrogen-bond acceptors (Lipinski definition) is 4. The van der Waals surface area contributed by atoms with Gasteiger partial charge in [-0.2, -0.15) is 23.5 Å². The van der Waals surface area contributed by atoms with Crippen LogP contribution >= 0.6 is 32.3 Å². The second-order valence-corrected chi connectivity index (χ2v) is 6.68. The molecule has 3 N–H and O–H groups in total. The minimum Gasteiger partial charge on any atom is -0.368 e. The van der Waals surface area contributed by atoms with Crippen LogP contribution in [-0.2, 0) is 3.93 Å². The first kappa shape index (κ1) is 16.8. The Labute approximate surface area is 140 Å². The molecule has 0 saturated heterocycles. The molecule has 0 fully saturated rings. The van der Waals surface area contributed by atoms with E-state index in [-0.39, 0.29) is 16.5 Å². The van der Waals surface area contributed by atoms with Crippen LogP contribution in [0.25, 0.3) is 5.82 Å². The van der Waals surface area contributed by atoms with Crippen molar-refractivity contribution in [3.63, 3.8) is 0 Å². The number of nitrogens with one attached hydrogen (secondary N) is 1. The summed E-state index contributed by atoms with van der Waals surface area (Å²) in [5.74, 6) is 0.680. The zero-order chi connectivity index (χ0) is 16.3. The molecule has 0 saturated carbocycles. The monoisotopic (exact) mass is 439 g/mol. The molecule has 2 rings (SSSR count). The Morgan fingerprint density at radius 1 is 1.55 bits per heavy atom. The van der Waals surface area contributed by atoms with E-state index in [1.807, 2.05) is 0 Å². The lowest BCUT2D eigenvalue weighted by Gasteiger charge is -2.16. The van der Waals surface area contributed by atoms with Gasteiger partial charge < -0.3 is 11.1 Å². The van der Waals surface area contributed by atoms with Crippen LogP contribution in [0.5, 0.6) is 0 Å². The summed E-state index contributed by atoms with van der Waals surface area (Å²) in [6.07, 6.45) is 3.00. The third-order valence-corrected chi connectivity index (χ3v) is 4.66. The molecule has 118 valence electrons. The maximum absolute atomic E-state index is 13.9. The Kier molecular flexibility index (Phi) is 5.12. The van der Waals surface area contributed by atoms with Crippen LogP contribution < -0.4 is 11.1 Å². The molecule has 0 atom stereocenters. The number of nitrogens with zero attached hydrogens (tertiary/aromatic N) is 3. The molecule has 0 amide bonds. The number of allylic oxidation sites excluding steroid dienone is 1. The lowest BCUT2D eigenvalue weighted by Crippen LogP contribution is -2.12. The minimum absolute atomic E-state index is 0.0150. The quantitative estimate of drug-likeness (QED) is 0.548. The van der Waals surface area contributed by atoms with Crippen LogP contribution in [0.1, 0.15) is 12.5 Å². The Morgan fingerprint density at radius 2 is 2.27 bits per heavy atom. The topological polar surface area (TPSA) is 68.8 Å². The van der Waals surface area contributed by atoms with Gasteiger partial charge in [-0.1, -0.05) is 16.1 Å². The van der Waals surface area contributed by atoms with Gasteiger partial charge in [0.2, 0.25) is 5.95 Å². The SMILES string of the molecule is C=IC(F)(F)c1cc(N/C(=C/C)n2ncnc2N)ccc1Cl. The molecule has 1 heterocycles. The molecule has 5 nitrogen and oxygen atoms in total. The first-order valence-corrected chi connectivity index (χ1v) is 9.04. The number of nitrogen functional groups attached to an aromatic ring is 1. The zero-order valence-corrected chi connectivity index (χ0v) is 14.4. The van der Waals surface area contributed by atoms with E-state index in [4.69, 9.17) is 17.3 Å². The van der Waals surface area contributed by atoms with Crippen LogP contribution in [0, 0.1) is 0 Å². The minimum atomic E-state index is -2.99. The van der Waals surface area contributed by atoms with Crippen molar-refractivity contribution in [3.8, 4) is 0 Å². The largest absolute Gasteiger partial charge is 0.368 e. The van der Waals surface area contributed by atoms with E-state index in [1.54, 1.807) is 19.1 Å². The Hall–Kier alpha value is -1.55. The summed E-state index contributed by atoms with van der Waals surface area (Å²) in [7, 11) is 0. The van der Waals surface area contributed by atoms with Gasteiger partial charge in [0, 0.05) is 5.69 Å². The van der Waals surface area contributed by atoms with E-state index in [0.29, 0.717) is 11.5 Å². The average Bonchev–Trinajstić information content (AvgIpc) is 2.92. The Bertz CT molecular complexity index is 729. The molecule has 0 unspecified atom stereocenters. The van der Waals surface area contributed by atoms with Crippen molar-refractivity contribution in [3.05, 3.63) is 41.2 Å². The first-order valence-electron chi connectivity index (χ1n) is 6.05. The van der Waals surface area contributed by atoms with Crippen molar-refractivity contribution in [2.75, 3.05) is 11.1 Å². The summed E-state index contributed by atoms with van der Waals surface area (Å²) in [5.41, 5.74) is 5.89. The predicted molar refractivity (Wildman–Crippen MR) is 94.5 cm³/mol. The van der Waals surface area contributed by atoms with Gasteiger partial charge in [0.1, 0.15) is 12.1 Å². The second kappa shape index (κ2) is 6.69. The van der Waals surface area contributed by atoms with Gasteiger partial charge in [-0.05, 0) is 51.9 Å². The molecule has 0 aliphatic heterocycles. The van der Waals surface area contributed by atoms with Gasteiger partial charge in [0.15, 0.2) is 0 Å². The molecule has 22 heavy (non-hydrogen) atoms. The van der Waals surface area contributed by atoms with E-state index in [2.05, 4.69) is 19.9 Å². The van der Waals surface area contributed by atoms with Gasteiger partial charge in [-0.25, -0.2) is 0 Å². The number of hydrogen-bond donors (Lipinski definition) is 2. The molecular weight excluding hydrogens is 427 g/mol. The summed E-state index contributed by atoms with van der Waals surface area (Å²) in [5, 5.41) is 6.95. The van der Waals surface area contributed by atoms with Gasteiger partial charge in [-0.3, -0.25) is 0 Å². The molecule has 0 radical (unpaired) electrons. The number of alkyl halides is 3. The van der Waals surface area contributed by atoms with E-state index < -0.39 is 24.7 Å². The second-order valence-electron chi connectivity index (χ2n) is 4.15. The molecular formula is C13H13ClF2IN5. The summed E-state index contributed by atoms with van der Waals surface area (Å²) in [6, 6.07) is 4.33. The standard InChI is InChI=1S/C13H13ClF2IN5/c1-3-11(22-12(18)19-7-20-22)21-8-4-5-10(14)9(6-8)13(15,16)17-2/h3-7,21H,2H2,1H3,(H2,18,19,20)/b11-3-. The highest BCUT2D eigenvalue weighted by atomic mass is 127. The van der Waals surface area contributed by atoms with E-state index in [0.717, 1.165) is 0 Å². The Morgan fingerprint density at radius 3 is 2.82 bits per heavy atom. The number of aromatic nitrogens is 3. The number of rotatable bonds is 5. The molecule has 0 spiro atoms. The molecule has 0 aliphatic rings. The fourth-order valence-electron chi connectivity index (χ4n) is 1.72. The highest BCUT2D eigenvalue weighted by Gasteiger charge is 2.31. The number of anilines is 2. The highest BCUT2D eigenvalue weighted by molar-refractivity contribution is 14.2. The summed E-state index contributed by atoms with van der Waals surface area (Å²) < 4.78 is 29.5. The maximum Gasteiger partial charge on any atom is 0.317 e. The van der Waals surface area contributed by atoms with Crippen molar-refractivity contribution in [2.24, 2.45) is 0 Å². The van der Waals surface area contributed by atoms with Crippen LogP contribution in [-0.4, -0.2) is 19.3 Å². The van der Waals surface area contributed by atoms with Crippen molar-refractivity contribution in [1.29, 1.82) is 0 Å². The van der Waals surface area contributed by atoms with Gasteiger partial charge in [0.25, 0.3) is 0 Å². The van der Waals surface area contributed by atoms with Crippen molar-refractivity contribution in [1.82, 2.24) is 14.8 Å². The molecule has 1 aromatic carbocycles. The third-order valence-electron chi connectivity index (χ3n) is 2.79. The molecule has 2 aromatic rings. The molecule has 0 aliphatic carbocycles. The van der Waals surface area contributed by atoms with E-state index in [9.17, 15) is 8.78 Å². The van der Waals surface area contributed by atoms with Crippen molar-refractivity contribution in [2.45, 2.75) is 10.9 Å². The van der Waals surface area contributed by atoms with E-state index >= 15 is 0 Å². The van der Waals surface area contributed by atoms with Crippen LogP contribution in [0.4, 0.5) is 20.4 Å². The normalized spacial score (nSPS) is 12.5. The smallest absolute Gasteiger partial charge is 0.317 e. The van der Waals surface area contributed by atoms with Crippen molar-refractivity contribution >= 4 is 54.3 Å². The van der Waals surface area contributed by atoms with Crippen LogP contribution in [0.15, 0.2) is 30.6 Å². The van der Waals surface area contributed by atoms with Gasteiger partial charge in [-0.15, -0.1) is 0 Å². The number of nitrogens with two attached hydrogens (primary N) is 1. The fraction of sp³-hybridized carbons (Fsp3) is 0.154. The van der Waals surface area contributed by atoms with Crippen LogP contribution in [0.3, 0.4) is 0 Å². The fourth-order valence-corrected chi connectivity index (χ4v) is 2.98. The zero-order valence-electron chi connectivity index (χ0n) is 11.5. The average molecular weight is 440 g/mol. The molecule has 0 bridgehead atoms. The summed E-state index contributed by atoms with van der Waals surface area (Å²) >= 11 is 4.30. The molecule has 9 heteroatoms. The summed E-state index contributed by atoms with van der Waals surface area (Å²) in [6.45, 7) is 1.76. The van der Waals surface area contributed by atoms with Crippen molar-refractivity contribution < 1.29 is 8.78 Å². The third kappa shape index (κ3) is 3.43. The predicted octanol–water partition coefficient (Wildman–Crippen LogP) is 3.90. The van der Waals surface area contributed by atoms with Crippen LogP contribution in [0.2, 0.25) is 5.02 Å². The number of halogens is 4. The summed E-state index contributed by atoms with van der Waals surface area (Å²) in [4.78, 5) is 3.82.